The molecular formula is C18H23N5O. The summed E-state index contributed by atoms with van der Waals surface area (Å²) in [4.78, 5) is 15.3. The third-order valence-electron chi connectivity index (χ3n) is 4.77. The number of imidazole rings is 2. The van der Waals surface area contributed by atoms with Crippen LogP contribution in [0.5, 0.6) is 0 Å². The molecule has 1 N–H and O–H groups in total. The van der Waals surface area contributed by atoms with Crippen molar-refractivity contribution in [1.82, 2.24) is 24.4 Å². The van der Waals surface area contributed by atoms with Gasteiger partial charge in [-0.2, -0.15) is 0 Å². The molecule has 4 rings (SSSR count). The lowest BCUT2D eigenvalue weighted by molar-refractivity contribution is 0.182. The van der Waals surface area contributed by atoms with Crippen molar-refractivity contribution in [3.05, 3.63) is 48.3 Å². The molecule has 1 unspecified atom stereocenters. The van der Waals surface area contributed by atoms with Gasteiger partial charge in [-0.1, -0.05) is 12.1 Å². The fourth-order valence-corrected chi connectivity index (χ4v) is 3.52. The topological polar surface area (TPSA) is 59.0 Å². The zero-order valence-electron chi connectivity index (χ0n) is 14.0. The van der Waals surface area contributed by atoms with Crippen LogP contribution in [0.3, 0.4) is 0 Å². The van der Waals surface area contributed by atoms with E-state index in [-0.39, 0.29) is 0 Å². The Kier molecular flexibility index (Phi) is 4.32. The van der Waals surface area contributed by atoms with Crippen LogP contribution < -0.4 is 0 Å². The van der Waals surface area contributed by atoms with Gasteiger partial charge >= 0.3 is 0 Å². The van der Waals surface area contributed by atoms with Crippen molar-refractivity contribution in [2.45, 2.75) is 32.0 Å². The first-order chi connectivity index (χ1) is 11.8. The number of nitrogens with one attached hydrogen (secondary N) is 1. The molecule has 0 spiro atoms. The minimum atomic E-state index is 0.338. The van der Waals surface area contributed by atoms with Crippen LogP contribution in [0.1, 0.15) is 30.5 Å². The van der Waals surface area contributed by atoms with Crippen molar-refractivity contribution in [3.8, 4) is 0 Å². The van der Waals surface area contributed by atoms with Gasteiger partial charge in [0.2, 0.25) is 0 Å². The monoisotopic (exact) mass is 325 g/mol. The predicted molar refractivity (Wildman–Crippen MR) is 92.6 cm³/mol. The Bertz CT molecular complexity index is 775. The number of hydrogen-bond donors (Lipinski definition) is 1. The molecule has 0 saturated carbocycles. The van der Waals surface area contributed by atoms with Gasteiger partial charge in [0.15, 0.2) is 0 Å². The zero-order chi connectivity index (χ0) is 16.4. The Morgan fingerprint density at radius 1 is 1.33 bits per heavy atom. The van der Waals surface area contributed by atoms with Crippen molar-refractivity contribution < 1.29 is 4.74 Å². The van der Waals surface area contributed by atoms with Gasteiger partial charge in [0, 0.05) is 26.0 Å². The van der Waals surface area contributed by atoms with E-state index >= 15 is 0 Å². The second kappa shape index (κ2) is 6.75. The van der Waals surface area contributed by atoms with E-state index in [2.05, 4.69) is 31.6 Å². The van der Waals surface area contributed by atoms with E-state index in [9.17, 15) is 0 Å². The molecule has 126 valence electrons. The molecule has 0 radical (unpaired) electrons. The van der Waals surface area contributed by atoms with E-state index in [0.29, 0.717) is 12.6 Å². The number of aromatic nitrogens is 4. The third kappa shape index (κ3) is 2.95. The summed E-state index contributed by atoms with van der Waals surface area (Å²) in [5.74, 6) is 2.17. The van der Waals surface area contributed by atoms with E-state index in [1.807, 2.05) is 24.5 Å². The highest BCUT2D eigenvalue weighted by molar-refractivity contribution is 5.74. The molecule has 1 aliphatic heterocycles. The number of H-pyrrole nitrogens is 1. The Balaban J connectivity index is 1.53. The average Bonchev–Trinajstić information content (AvgIpc) is 3.32. The molecule has 3 heterocycles. The molecule has 0 bridgehead atoms. The smallest absolute Gasteiger partial charge is 0.124 e. The summed E-state index contributed by atoms with van der Waals surface area (Å²) in [5.41, 5.74) is 2.15. The lowest BCUT2D eigenvalue weighted by Gasteiger charge is -2.22. The van der Waals surface area contributed by atoms with Crippen molar-refractivity contribution in [2.24, 2.45) is 0 Å². The largest absolute Gasteiger partial charge is 0.383 e. The van der Waals surface area contributed by atoms with E-state index < -0.39 is 0 Å². The Hall–Kier alpha value is -2.18. The second-order valence-electron chi connectivity index (χ2n) is 6.30. The normalized spacial score (nSPS) is 18.6. The van der Waals surface area contributed by atoms with Crippen LogP contribution in [0.2, 0.25) is 0 Å². The molecule has 1 saturated heterocycles. The van der Waals surface area contributed by atoms with Crippen LogP contribution in [0.15, 0.2) is 36.7 Å². The highest BCUT2D eigenvalue weighted by Gasteiger charge is 2.29. The molecule has 6 heteroatoms. The lowest BCUT2D eigenvalue weighted by atomic mass is 10.2. The van der Waals surface area contributed by atoms with Crippen LogP contribution >= 0.6 is 0 Å². The van der Waals surface area contributed by atoms with Crippen LogP contribution in [-0.2, 0) is 17.8 Å². The molecule has 1 aromatic carbocycles. The number of hydrogen-bond acceptors (Lipinski definition) is 4. The summed E-state index contributed by atoms with van der Waals surface area (Å²) < 4.78 is 7.37. The molecule has 6 nitrogen and oxygen atoms in total. The molecule has 2 aromatic heterocycles. The van der Waals surface area contributed by atoms with Gasteiger partial charge in [-0.15, -0.1) is 0 Å². The highest BCUT2D eigenvalue weighted by Crippen LogP contribution is 2.32. The number of likely N-dealkylation sites (tertiary alicyclic amines) is 1. The number of benzene rings is 1. The predicted octanol–water partition coefficient (Wildman–Crippen LogP) is 2.74. The fourth-order valence-electron chi connectivity index (χ4n) is 3.52. The molecule has 0 amide bonds. The number of rotatable bonds is 6. The number of ether oxygens (including phenoxy) is 1. The SMILES string of the molecule is COCCn1ccnc1CN1CCCC1c1nc2ccccc2[nH]1. The van der Waals surface area contributed by atoms with Crippen molar-refractivity contribution in [3.63, 3.8) is 0 Å². The van der Waals surface area contributed by atoms with E-state index in [0.717, 1.165) is 48.7 Å². The molecule has 0 aliphatic carbocycles. The summed E-state index contributed by atoms with van der Waals surface area (Å²) in [5, 5.41) is 0. The number of para-hydroxylation sites is 2. The fraction of sp³-hybridized carbons (Fsp3) is 0.444. The average molecular weight is 325 g/mol. The van der Waals surface area contributed by atoms with Crippen molar-refractivity contribution in [2.75, 3.05) is 20.3 Å². The highest BCUT2D eigenvalue weighted by atomic mass is 16.5. The van der Waals surface area contributed by atoms with Gasteiger partial charge in [-0.25, -0.2) is 9.97 Å². The van der Waals surface area contributed by atoms with E-state index in [4.69, 9.17) is 9.72 Å². The van der Waals surface area contributed by atoms with Crippen LogP contribution in [0, 0.1) is 0 Å². The van der Waals surface area contributed by atoms with E-state index in [1.54, 1.807) is 7.11 Å². The summed E-state index contributed by atoms with van der Waals surface area (Å²) in [6.07, 6.45) is 6.23. The minimum absolute atomic E-state index is 0.338. The first-order valence-corrected chi connectivity index (χ1v) is 8.53. The maximum Gasteiger partial charge on any atom is 0.124 e. The molecule has 1 fully saturated rings. The van der Waals surface area contributed by atoms with E-state index in [1.165, 1.54) is 6.42 Å². The molecule has 1 aliphatic rings. The van der Waals surface area contributed by atoms with Gasteiger partial charge < -0.3 is 14.3 Å². The molecule has 3 aromatic rings. The van der Waals surface area contributed by atoms with Gasteiger partial charge in [0.1, 0.15) is 11.6 Å². The first-order valence-electron chi connectivity index (χ1n) is 8.53. The van der Waals surface area contributed by atoms with Crippen LogP contribution in [0.4, 0.5) is 0 Å². The second-order valence-corrected chi connectivity index (χ2v) is 6.30. The summed E-state index contributed by atoms with van der Waals surface area (Å²) in [6.45, 7) is 3.47. The van der Waals surface area contributed by atoms with Gasteiger partial charge in [-0.3, -0.25) is 4.90 Å². The summed E-state index contributed by atoms with van der Waals surface area (Å²) >= 11 is 0. The van der Waals surface area contributed by atoms with Gasteiger partial charge in [-0.05, 0) is 31.5 Å². The molecular weight excluding hydrogens is 302 g/mol. The third-order valence-corrected chi connectivity index (χ3v) is 4.77. The standard InChI is InChI=1S/C18H23N5O/c1-24-12-11-22-10-8-19-17(22)13-23-9-4-7-16(23)18-20-14-5-2-3-6-15(14)21-18/h2-3,5-6,8,10,16H,4,7,9,11-13H2,1H3,(H,20,21). The minimum Gasteiger partial charge on any atom is -0.383 e. The van der Waals surface area contributed by atoms with Gasteiger partial charge in [0.05, 0.1) is 30.2 Å². The Morgan fingerprint density at radius 2 is 2.25 bits per heavy atom. The number of aromatic amines is 1. The number of methoxy groups -OCH3 is 1. The van der Waals surface area contributed by atoms with Crippen molar-refractivity contribution in [1.29, 1.82) is 0 Å². The number of fused-ring (bicyclic) bond motifs is 1. The summed E-state index contributed by atoms with van der Waals surface area (Å²) in [7, 11) is 1.73. The maximum atomic E-state index is 5.19. The Labute approximate surface area is 141 Å². The van der Waals surface area contributed by atoms with Crippen molar-refractivity contribution >= 4 is 11.0 Å². The Morgan fingerprint density at radius 3 is 3.12 bits per heavy atom. The molecule has 24 heavy (non-hydrogen) atoms. The first kappa shape index (κ1) is 15.4. The maximum absolute atomic E-state index is 5.19. The van der Waals surface area contributed by atoms with Crippen LogP contribution in [0.25, 0.3) is 11.0 Å². The molecule has 1 atom stereocenters. The lowest BCUT2D eigenvalue weighted by Crippen LogP contribution is -2.25. The number of nitrogens with zero attached hydrogens (tertiary/aromatic N) is 4. The summed E-state index contributed by atoms with van der Waals surface area (Å²) in [6, 6.07) is 8.56. The van der Waals surface area contributed by atoms with Crippen LogP contribution in [-0.4, -0.2) is 44.7 Å². The van der Waals surface area contributed by atoms with Gasteiger partial charge in [0.25, 0.3) is 0 Å². The zero-order valence-corrected chi connectivity index (χ0v) is 14.0. The quantitative estimate of drug-likeness (QED) is 0.757.